The number of benzene rings is 4. The second kappa shape index (κ2) is 11.2. The third kappa shape index (κ3) is 6.56. The van der Waals surface area contributed by atoms with Gasteiger partial charge in [0.15, 0.2) is 12.4 Å². The van der Waals surface area contributed by atoms with Crippen molar-refractivity contribution < 1.29 is 22.7 Å². The van der Waals surface area contributed by atoms with Gasteiger partial charge in [0.05, 0.1) is 16.3 Å². The highest BCUT2D eigenvalue weighted by atomic mass is 35.5. The number of carbonyl (C=O) groups excluding carboxylic acids is 1. The van der Waals surface area contributed by atoms with Crippen molar-refractivity contribution in [3.05, 3.63) is 108 Å². The smallest absolute Gasteiger partial charge is 0.262 e. The van der Waals surface area contributed by atoms with Gasteiger partial charge in [-0.15, -0.1) is 0 Å². The second-order valence-corrected chi connectivity index (χ2v) is 9.88. The molecular weight excluding hydrogens is 500 g/mol. The number of rotatable bonds is 9. The Bertz CT molecular complexity index is 1460. The third-order valence-electron chi connectivity index (χ3n) is 5.06. The van der Waals surface area contributed by atoms with Crippen LogP contribution >= 0.6 is 11.6 Å². The van der Waals surface area contributed by atoms with E-state index in [1.54, 1.807) is 36.4 Å². The maximum Gasteiger partial charge on any atom is 0.262 e. The molecule has 0 saturated carbocycles. The number of carbonyl (C=O) groups is 1. The number of sulfonamides is 1. The van der Waals surface area contributed by atoms with Crippen molar-refractivity contribution in [2.45, 2.75) is 11.8 Å². The van der Waals surface area contributed by atoms with Crippen LogP contribution in [0.15, 0.2) is 102 Å². The second-order valence-electron chi connectivity index (χ2n) is 7.79. The summed E-state index contributed by atoms with van der Waals surface area (Å²) in [5.41, 5.74) is 1.70. The molecule has 0 aliphatic carbocycles. The van der Waals surface area contributed by atoms with Gasteiger partial charge in [0, 0.05) is 5.02 Å². The molecule has 0 aliphatic rings. The lowest BCUT2D eigenvalue weighted by Gasteiger charge is -2.13. The molecule has 7 nitrogen and oxygen atoms in total. The van der Waals surface area contributed by atoms with Crippen LogP contribution in [-0.2, 0) is 14.8 Å². The Morgan fingerprint density at radius 1 is 0.861 bits per heavy atom. The summed E-state index contributed by atoms with van der Waals surface area (Å²) in [6.45, 7) is 1.56. The topological polar surface area (TPSA) is 93.7 Å². The van der Waals surface area contributed by atoms with E-state index in [0.29, 0.717) is 33.6 Å². The van der Waals surface area contributed by atoms with E-state index in [4.69, 9.17) is 21.1 Å². The molecule has 0 atom stereocenters. The summed E-state index contributed by atoms with van der Waals surface area (Å²) in [7, 11) is -3.82. The van der Waals surface area contributed by atoms with Gasteiger partial charge in [0.25, 0.3) is 15.9 Å². The first-order valence-corrected chi connectivity index (χ1v) is 12.8. The van der Waals surface area contributed by atoms with Gasteiger partial charge in [-0.05, 0) is 73.2 Å². The Hall–Kier alpha value is -4.01. The average Bonchev–Trinajstić information content (AvgIpc) is 2.87. The minimum atomic E-state index is -3.82. The van der Waals surface area contributed by atoms with E-state index in [1.807, 2.05) is 43.3 Å². The molecule has 9 heteroatoms. The lowest BCUT2D eigenvalue weighted by molar-refractivity contribution is -0.118. The number of hydrogen-bond donors (Lipinski definition) is 2. The number of ether oxygens (including phenoxy) is 2. The molecule has 36 heavy (non-hydrogen) atoms. The summed E-state index contributed by atoms with van der Waals surface area (Å²) < 4.78 is 39.2. The molecular formula is C27H23ClN2O5S. The van der Waals surface area contributed by atoms with Gasteiger partial charge in [0.1, 0.15) is 11.5 Å². The summed E-state index contributed by atoms with van der Waals surface area (Å²) >= 11 is 6.07. The molecule has 0 spiro atoms. The normalized spacial score (nSPS) is 10.9. The van der Waals surface area contributed by atoms with Gasteiger partial charge in [-0.2, -0.15) is 0 Å². The Morgan fingerprint density at radius 3 is 2.28 bits per heavy atom. The highest BCUT2D eigenvalue weighted by Crippen LogP contribution is 2.29. The predicted octanol–water partition coefficient (Wildman–Crippen LogP) is 6.26. The van der Waals surface area contributed by atoms with E-state index in [0.717, 1.165) is 5.56 Å². The van der Waals surface area contributed by atoms with E-state index in [9.17, 15) is 13.2 Å². The summed E-state index contributed by atoms with van der Waals surface area (Å²) in [6.07, 6.45) is 0. The van der Waals surface area contributed by atoms with Crippen molar-refractivity contribution in [3.8, 4) is 17.2 Å². The molecule has 0 bridgehead atoms. The molecule has 0 radical (unpaired) electrons. The van der Waals surface area contributed by atoms with Crippen LogP contribution in [0.5, 0.6) is 17.2 Å². The van der Waals surface area contributed by atoms with E-state index in [-0.39, 0.29) is 11.5 Å². The van der Waals surface area contributed by atoms with Gasteiger partial charge >= 0.3 is 0 Å². The van der Waals surface area contributed by atoms with Crippen molar-refractivity contribution in [1.29, 1.82) is 0 Å². The van der Waals surface area contributed by atoms with Gasteiger partial charge in [-0.1, -0.05) is 48.0 Å². The zero-order valence-electron chi connectivity index (χ0n) is 19.3. The summed E-state index contributed by atoms with van der Waals surface area (Å²) in [4.78, 5) is 12.5. The Labute approximate surface area is 214 Å². The van der Waals surface area contributed by atoms with E-state index < -0.39 is 15.9 Å². The first-order valence-electron chi connectivity index (χ1n) is 10.9. The zero-order valence-corrected chi connectivity index (χ0v) is 20.8. The lowest BCUT2D eigenvalue weighted by Crippen LogP contribution is -2.20. The van der Waals surface area contributed by atoms with Crippen molar-refractivity contribution in [2.75, 3.05) is 16.6 Å². The quantitative estimate of drug-likeness (QED) is 0.270. The molecule has 4 aromatic rings. The number of anilines is 2. The van der Waals surface area contributed by atoms with Crippen LogP contribution in [-0.4, -0.2) is 20.9 Å². The fourth-order valence-corrected chi connectivity index (χ4v) is 4.43. The van der Waals surface area contributed by atoms with Crippen LogP contribution in [0.1, 0.15) is 5.56 Å². The van der Waals surface area contributed by atoms with Crippen LogP contribution in [0.25, 0.3) is 0 Å². The van der Waals surface area contributed by atoms with E-state index in [2.05, 4.69) is 10.0 Å². The first kappa shape index (κ1) is 25.1. The lowest BCUT2D eigenvalue weighted by atomic mass is 10.2. The van der Waals surface area contributed by atoms with Gasteiger partial charge in [0.2, 0.25) is 0 Å². The summed E-state index contributed by atoms with van der Waals surface area (Å²) in [5.74, 6) is 1.09. The minimum absolute atomic E-state index is 0.0444. The number of para-hydroxylation sites is 3. The average molecular weight is 523 g/mol. The van der Waals surface area contributed by atoms with Crippen molar-refractivity contribution in [1.82, 2.24) is 0 Å². The van der Waals surface area contributed by atoms with E-state index in [1.165, 1.54) is 24.3 Å². The van der Waals surface area contributed by atoms with Crippen LogP contribution in [0.4, 0.5) is 11.4 Å². The van der Waals surface area contributed by atoms with Crippen LogP contribution in [0.3, 0.4) is 0 Å². The highest BCUT2D eigenvalue weighted by molar-refractivity contribution is 7.92. The molecule has 0 unspecified atom stereocenters. The molecule has 184 valence electrons. The molecule has 0 aromatic heterocycles. The van der Waals surface area contributed by atoms with Crippen molar-refractivity contribution in [2.24, 2.45) is 0 Å². The molecule has 0 saturated heterocycles. The minimum Gasteiger partial charge on any atom is -0.484 e. The fourth-order valence-electron chi connectivity index (χ4n) is 3.20. The van der Waals surface area contributed by atoms with Gasteiger partial charge in [-0.3, -0.25) is 9.52 Å². The van der Waals surface area contributed by atoms with Crippen molar-refractivity contribution >= 4 is 38.9 Å². The van der Waals surface area contributed by atoms with Crippen LogP contribution < -0.4 is 19.5 Å². The van der Waals surface area contributed by atoms with Crippen LogP contribution in [0.2, 0.25) is 5.02 Å². The number of aryl methyl sites for hydroxylation is 1. The third-order valence-corrected chi connectivity index (χ3v) is 6.86. The molecule has 2 N–H and O–H groups in total. The first-order chi connectivity index (χ1) is 17.3. The predicted molar refractivity (Wildman–Crippen MR) is 141 cm³/mol. The Balaban J connectivity index is 1.35. The van der Waals surface area contributed by atoms with Gasteiger partial charge < -0.3 is 14.8 Å². The number of nitrogens with one attached hydrogen (secondary N) is 2. The number of amides is 1. The highest BCUT2D eigenvalue weighted by Gasteiger charge is 2.15. The largest absolute Gasteiger partial charge is 0.484 e. The van der Waals surface area contributed by atoms with E-state index >= 15 is 0 Å². The summed E-state index contributed by atoms with van der Waals surface area (Å²) in [5, 5.41) is 3.23. The van der Waals surface area contributed by atoms with Crippen molar-refractivity contribution in [3.63, 3.8) is 0 Å². The molecule has 0 aliphatic heterocycles. The number of halogens is 1. The molecule has 4 rings (SSSR count). The monoisotopic (exact) mass is 522 g/mol. The Morgan fingerprint density at radius 2 is 1.56 bits per heavy atom. The summed E-state index contributed by atoms with van der Waals surface area (Å²) in [6, 6.07) is 27.0. The van der Waals surface area contributed by atoms with Gasteiger partial charge in [-0.25, -0.2) is 8.42 Å². The Kier molecular flexibility index (Phi) is 7.77. The fraction of sp³-hybridized carbons (Fsp3) is 0.0741. The molecule has 0 heterocycles. The number of hydrogen-bond acceptors (Lipinski definition) is 5. The maximum atomic E-state index is 12.7. The molecule has 4 aromatic carbocycles. The standard InChI is InChI=1S/C27H23ClN2O5S/c1-19-11-12-20(17-24(19)28)30-36(32,33)23-15-13-21(14-16-23)34-18-27(31)29-25-9-5-6-10-26(25)35-22-7-3-2-4-8-22/h2-17,30H,18H2,1H3,(H,29,31). The van der Waals surface area contributed by atoms with Crippen LogP contribution in [0, 0.1) is 6.92 Å². The zero-order chi connectivity index (χ0) is 25.5. The maximum absolute atomic E-state index is 12.7. The molecule has 1 amide bonds. The SMILES string of the molecule is Cc1ccc(NS(=O)(=O)c2ccc(OCC(=O)Nc3ccccc3Oc3ccccc3)cc2)cc1Cl. The molecule has 0 fully saturated rings.